The van der Waals surface area contributed by atoms with Gasteiger partial charge in [-0.1, -0.05) is 29.8 Å². The molecule has 2 rings (SSSR count). The van der Waals surface area contributed by atoms with E-state index in [1.165, 1.54) is 38.6 Å². The zero-order valence-electron chi connectivity index (χ0n) is 14.1. The number of nitrogens with zero attached hydrogens (tertiary/aromatic N) is 2. The average molecular weight is 378 g/mol. The summed E-state index contributed by atoms with van der Waals surface area (Å²) in [4.78, 5) is 22.4. The lowest BCUT2D eigenvalue weighted by molar-refractivity contribution is -0.385. The van der Waals surface area contributed by atoms with Crippen LogP contribution in [0.3, 0.4) is 0 Å². The number of para-hydroxylation sites is 1. The van der Waals surface area contributed by atoms with E-state index in [2.05, 4.69) is 10.5 Å². The fourth-order valence-corrected chi connectivity index (χ4v) is 2.40. The summed E-state index contributed by atoms with van der Waals surface area (Å²) in [6.07, 6.45) is 1.18. The van der Waals surface area contributed by atoms with Gasteiger partial charge in [-0.05, 0) is 6.07 Å². The highest BCUT2D eigenvalue weighted by Crippen LogP contribution is 2.32. The van der Waals surface area contributed by atoms with E-state index in [9.17, 15) is 14.9 Å². The normalized spacial score (nSPS) is 10.6. The minimum absolute atomic E-state index is 0.116. The minimum Gasteiger partial charge on any atom is -0.493 e. The second-order valence-corrected chi connectivity index (χ2v) is 5.49. The van der Waals surface area contributed by atoms with Crippen LogP contribution in [0.1, 0.15) is 11.1 Å². The van der Waals surface area contributed by atoms with Crippen LogP contribution in [-0.4, -0.2) is 31.3 Å². The van der Waals surface area contributed by atoms with Gasteiger partial charge in [0.05, 0.1) is 36.8 Å². The summed E-state index contributed by atoms with van der Waals surface area (Å²) < 4.78 is 10.3. The molecule has 0 heterocycles. The summed E-state index contributed by atoms with van der Waals surface area (Å²) in [5.41, 5.74) is 3.01. The number of hydrogen-bond acceptors (Lipinski definition) is 6. The molecule has 0 unspecified atom stereocenters. The van der Waals surface area contributed by atoms with E-state index in [1.807, 2.05) is 0 Å². The van der Waals surface area contributed by atoms with Crippen molar-refractivity contribution in [1.82, 2.24) is 5.43 Å². The predicted octanol–water partition coefficient (Wildman–Crippen LogP) is 2.96. The highest BCUT2D eigenvalue weighted by atomic mass is 35.5. The van der Waals surface area contributed by atoms with Gasteiger partial charge < -0.3 is 9.47 Å². The van der Waals surface area contributed by atoms with Gasteiger partial charge in [0.1, 0.15) is 0 Å². The van der Waals surface area contributed by atoms with E-state index in [1.54, 1.807) is 18.2 Å². The number of hydrazone groups is 1. The maximum atomic E-state index is 12.0. The fourth-order valence-electron chi connectivity index (χ4n) is 2.19. The SMILES string of the molecule is COc1cc(Cl)c(C=NNC(=O)Cc2ccccc2[N+](=O)[O-])cc1OC. The zero-order chi connectivity index (χ0) is 19.1. The van der Waals surface area contributed by atoms with Crippen molar-refractivity contribution in [3.63, 3.8) is 0 Å². The second-order valence-electron chi connectivity index (χ2n) is 5.08. The molecule has 0 aromatic heterocycles. The molecule has 2 aromatic rings. The molecule has 0 saturated carbocycles. The Kier molecular flexibility index (Phi) is 6.51. The number of halogens is 1. The zero-order valence-corrected chi connectivity index (χ0v) is 14.8. The summed E-state index contributed by atoms with van der Waals surface area (Å²) >= 11 is 6.12. The first-order valence-corrected chi connectivity index (χ1v) is 7.79. The van der Waals surface area contributed by atoms with E-state index >= 15 is 0 Å². The third kappa shape index (κ3) is 4.70. The first-order chi connectivity index (χ1) is 12.5. The predicted molar refractivity (Wildman–Crippen MR) is 97.1 cm³/mol. The molecule has 0 aliphatic rings. The van der Waals surface area contributed by atoms with Crippen LogP contribution in [0.15, 0.2) is 41.5 Å². The summed E-state index contributed by atoms with van der Waals surface area (Å²) in [6, 6.07) is 9.21. The number of rotatable bonds is 7. The average Bonchev–Trinajstić information content (AvgIpc) is 2.62. The van der Waals surface area contributed by atoms with Gasteiger partial charge in [0, 0.05) is 23.3 Å². The molecule has 0 atom stereocenters. The minimum atomic E-state index is -0.532. The van der Waals surface area contributed by atoms with Crippen LogP contribution >= 0.6 is 11.6 Å². The van der Waals surface area contributed by atoms with E-state index in [0.717, 1.165) is 0 Å². The number of methoxy groups -OCH3 is 2. The molecular formula is C17H16ClN3O5. The quantitative estimate of drug-likeness (QED) is 0.454. The first-order valence-electron chi connectivity index (χ1n) is 7.42. The highest BCUT2D eigenvalue weighted by Gasteiger charge is 2.15. The number of nitro benzene ring substituents is 1. The number of nitro groups is 1. The maximum Gasteiger partial charge on any atom is 0.273 e. The molecule has 0 spiro atoms. The summed E-state index contributed by atoms with van der Waals surface area (Å²) in [7, 11) is 2.98. The Labute approximate surface area is 154 Å². The van der Waals surface area contributed by atoms with Crippen LogP contribution in [0.5, 0.6) is 11.5 Å². The summed E-state index contributed by atoms with van der Waals surface area (Å²) in [6.45, 7) is 0. The maximum absolute atomic E-state index is 12.0. The Morgan fingerprint density at radius 3 is 2.58 bits per heavy atom. The van der Waals surface area contributed by atoms with Crippen molar-refractivity contribution in [2.45, 2.75) is 6.42 Å². The van der Waals surface area contributed by atoms with Crippen LogP contribution in [0.2, 0.25) is 5.02 Å². The molecule has 0 aliphatic carbocycles. The Morgan fingerprint density at radius 1 is 1.27 bits per heavy atom. The smallest absolute Gasteiger partial charge is 0.273 e. The largest absolute Gasteiger partial charge is 0.493 e. The third-order valence-electron chi connectivity index (χ3n) is 3.44. The van der Waals surface area contributed by atoms with Gasteiger partial charge in [-0.15, -0.1) is 0 Å². The summed E-state index contributed by atoms with van der Waals surface area (Å²) in [5, 5.41) is 15.1. The van der Waals surface area contributed by atoms with E-state index in [4.69, 9.17) is 21.1 Å². The van der Waals surface area contributed by atoms with Gasteiger partial charge in [0.2, 0.25) is 5.91 Å². The fraction of sp³-hybridized carbons (Fsp3) is 0.176. The Bertz CT molecular complexity index is 854. The molecule has 1 amide bonds. The topological polar surface area (TPSA) is 103 Å². The Balaban J connectivity index is 2.07. The lowest BCUT2D eigenvalue weighted by atomic mass is 10.1. The molecular weight excluding hydrogens is 362 g/mol. The molecule has 26 heavy (non-hydrogen) atoms. The number of hydrogen-bond donors (Lipinski definition) is 1. The monoisotopic (exact) mass is 377 g/mol. The van der Waals surface area contributed by atoms with Crippen LogP contribution in [0, 0.1) is 10.1 Å². The molecule has 0 radical (unpaired) electrons. The van der Waals surface area contributed by atoms with Gasteiger partial charge in [0.25, 0.3) is 5.69 Å². The van der Waals surface area contributed by atoms with Crippen LogP contribution in [0.25, 0.3) is 0 Å². The third-order valence-corrected chi connectivity index (χ3v) is 3.76. The molecule has 9 heteroatoms. The molecule has 0 aliphatic heterocycles. The van der Waals surface area contributed by atoms with E-state index in [-0.39, 0.29) is 12.1 Å². The van der Waals surface area contributed by atoms with E-state index in [0.29, 0.717) is 27.6 Å². The van der Waals surface area contributed by atoms with Crippen LogP contribution in [0.4, 0.5) is 5.69 Å². The van der Waals surface area contributed by atoms with Gasteiger partial charge in [-0.3, -0.25) is 14.9 Å². The van der Waals surface area contributed by atoms with Crippen molar-refractivity contribution in [1.29, 1.82) is 0 Å². The number of amides is 1. The molecule has 136 valence electrons. The molecule has 0 bridgehead atoms. The van der Waals surface area contributed by atoms with Crippen LogP contribution < -0.4 is 14.9 Å². The van der Waals surface area contributed by atoms with Crippen molar-refractivity contribution < 1.29 is 19.2 Å². The number of nitrogens with one attached hydrogen (secondary N) is 1. The number of benzene rings is 2. The Morgan fingerprint density at radius 2 is 1.92 bits per heavy atom. The van der Waals surface area contributed by atoms with Crippen molar-refractivity contribution in [2.24, 2.45) is 5.10 Å². The van der Waals surface area contributed by atoms with Crippen molar-refractivity contribution in [3.05, 3.63) is 62.7 Å². The molecule has 2 aromatic carbocycles. The molecule has 8 nitrogen and oxygen atoms in total. The molecule has 0 saturated heterocycles. The lowest BCUT2D eigenvalue weighted by Gasteiger charge is -2.09. The van der Waals surface area contributed by atoms with Crippen LogP contribution in [-0.2, 0) is 11.2 Å². The molecule has 0 fully saturated rings. The summed E-state index contributed by atoms with van der Waals surface area (Å²) in [5.74, 6) is 0.437. The lowest BCUT2D eigenvalue weighted by Crippen LogP contribution is -2.20. The van der Waals surface area contributed by atoms with Gasteiger partial charge >= 0.3 is 0 Å². The van der Waals surface area contributed by atoms with Gasteiger partial charge in [0.15, 0.2) is 11.5 Å². The number of ether oxygens (including phenoxy) is 2. The highest BCUT2D eigenvalue weighted by molar-refractivity contribution is 6.33. The molecule has 1 N–H and O–H groups in total. The number of carbonyl (C=O) groups is 1. The standard InChI is InChI=1S/C17H16ClN3O5/c1-25-15-7-12(13(18)9-16(15)26-2)10-19-20-17(22)8-11-5-3-4-6-14(11)21(23)24/h3-7,9-10H,8H2,1-2H3,(H,20,22). The van der Waals surface area contributed by atoms with Gasteiger partial charge in [-0.2, -0.15) is 5.10 Å². The van der Waals surface area contributed by atoms with Crippen molar-refractivity contribution in [3.8, 4) is 11.5 Å². The number of carbonyl (C=O) groups excluding carboxylic acids is 1. The van der Waals surface area contributed by atoms with Crippen molar-refractivity contribution in [2.75, 3.05) is 14.2 Å². The van der Waals surface area contributed by atoms with Crippen molar-refractivity contribution >= 4 is 29.4 Å². The second kappa shape index (κ2) is 8.82. The van der Waals surface area contributed by atoms with E-state index < -0.39 is 10.8 Å². The first kappa shape index (κ1) is 19.2. The Hall–Kier alpha value is -3.13. The van der Waals surface area contributed by atoms with Gasteiger partial charge in [-0.25, -0.2) is 5.43 Å².